The molecule has 0 atom stereocenters. The van der Waals surface area contributed by atoms with Gasteiger partial charge in [-0.2, -0.15) is 18.4 Å². The summed E-state index contributed by atoms with van der Waals surface area (Å²) < 4.78 is 41.7. The SMILES string of the molecule is Cc1cc2c(cc1/C=C(/c1ccc(C#N)cc1)C(F)(F)F)C(C)(C)CCC2(C)C. The number of allylic oxidation sites excluding steroid dienone is 1. The minimum atomic E-state index is -4.49. The highest BCUT2D eigenvalue weighted by Crippen LogP contribution is 2.47. The first kappa shape index (κ1) is 21.2. The predicted molar refractivity (Wildman–Crippen MR) is 112 cm³/mol. The predicted octanol–water partition coefficient (Wildman–Crippen LogP) is 7.32. The second-order valence-electron chi connectivity index (χ2n) is 9.27. The molecular formula is C25H26F3N. The van der Waals surface area contributed by atoms with Crippen LogP contribution in [-0.2, 0) is 10.8 Å². The fraction of sp³-hybridized carbons (Fsp3) is 0.400. The fourth-order valence-electron chi connectivity index (χ4n) is 4.10. The molecule has 0 heterocycles. The minimum absolute atomic E-state index is 0.0117. The molecule has 0 bridgehead atoms. The van der Waals surface area contributed by atoms with E-state index in [1.807, 2.05) is 19.1 Å². The van der Waals surface area contributed by atoms with Crippen molar-refractivity contribution in [2.75, 3.05) is 0 Å². The Morgan fingerprint density at radius 3 is 1.97 bits per heavy atom. The molecule has 0 unspecified atom stereocenters. The zero-order valence-electron chi connectivity index (χ0n) is 17.5. The van der Waals surface area contributed by atoms with Crippen LogP contribution in [0.1, 0.15) is 73.9 Å². The molecule has 4 heteroatoms. The Balaban J connectivity index is 2.20. The monoisotopic (exact) mass is 397 g/mol. The van der Waals surface area contributed by atoms with Gasteiger partial charge in [-0.3, -0.25) is 0 Å². The fourth-order valence-corrected chi connectivity index (χ4v) is 4.10. The Hall–Kier alpha value is -2.54. The second-order valence-corrected chi connectivity index (χ2v) is 9.27. The van der Waals surface area contributed by atoms with Gasteiger partial charge in [0.1, 0.15) is 0 Å². The highest BCUT2D eigenvalue weighted by molar-refractivity contribution is 5.85. The summed E-state index contributed by atoms with van der Waals surface area (Å²) in [4.78, 5) is 0. The van der Waals surface area contributed by atoms with E-state index in [1.54, 1.807) is 0 Å². The lowest BCUT2D eigenvalue weighted by Gasteiger charge is -2.42. The van der Waals surface area contributed by atoms with E-state index in [1.165, 1.54) is 35.9 Å². The van der Waals surface area contributed by atoms with Gasteiger partial charge >= 0.3 is 6.18 Å². The maximum atomic E-state index is 13.9. The van der Waals surface area contributed by atoms with Crippen molar-refractivity contribution in [1.29, 1.82) is 5.26 Å². The van der Waals surface area contributed by atoms with Crippen LogP contribution >= 0.6 is 0 Å². The Labute approximate surface area is 170 Å². The van der Waals surface area contributed by atoms with E-state index in [-0.39, 0.29) is 16.4 Å². The number of rotatable bonds is 2. The molecule has 0 radical (unpaired) electrons. The quantitative estimate of drug-likeness (QED) is 0.487. The number of nitriles is 1. The summed E-state index contributed by atoms with van der Waals surface area (Å²) in [6.45, 7) is 10.6. The van der Waals surface area contributed by atoms with Crippen molar-refractivity contribution in [3.8, 4) is 6.07 Å². The molecule has 152 valence electrons. The zero-order chi connectivity index (χ0) is 21.6. The molecule has 2 aromatic rings. The highest BCUT2D eigenvalue weighted by Gasteiger charge is 2.38. The topological polar surface area (TPSA) is 23.8 Å². The second kappa shape index (κ2) is 7.06. The van der Waals surface area contributed by atoms with E-state index in [0.717, 1.165) is 24.0 Å². The van der Waals surface area contributed by atoms with Gasteiger partial charge in [0.2, 0.25) is 0 Å². The molecule has 0 spiro atoms. The van der Waals surface area contributed by atoms with E-state index in [0.29, 0.717) is 11.1 Å². The lowest BCUT2D eigenvalue weighted by Crippen LogP contribution is -2.34. The van der Waals surface area contributed by atoms with Crippen molar-refractivity contribution in [2.24, 2.45) is 0 Å². The maximum Gasteiger partial charge on any atom is 0.417 e. The molecule has 0 N–H and O–H groups in total. The van der Waals surface area contributed by atoms with Crippen molar-refractivity contribution in [3.05, 3.63) is 69.8 Å². The molecule has 0 aliphatic heterocycles. The number of fused-ring (bicyclic) bond motifs is 1. The van der Waals surface area contributed by atoms with Crippen LogP contribution in [0.15, 0.2) is 36.4 Å². The summed E-state index contributed by atoms with van der Waals surface area (Å²) in [6, 6.07) is 11.5. The standard InChI is InChI=1S/C25H26F3N/c1-16-12-21-22(24(4,5)11-10-23(21,2)3)14-19(16)13-20(25(26,27)28)18-8-6-17(15-29)7-9-18/h6-9,12-14H,10-11H2,1-5H3/b20-13-. The van der Waals surface area contributed by atoms with Gasteiger partial charge in [-0.05, 0) is 76.6 Å². The number of halogens is 3. The average Bonchev–Trinajstić information content (AvgIpc) is 2.63. The normalized spacial score (nSPS) is 18.1. The third kappa shape index (κ3) is 4.10. The molecule has 1 aliphatic rings. The Bertz CT molecular complexity index is 1000. The van der Waals surface area contributed by atoms with Crippen LogP contribution in [0, 0.1) is 18.3 Å². The van der Waals surface area contributed by atoms with Crippen molar-refractivity contribution in [1.82, 2.24) is 0 Å². The molecule has 0 aromatic heterocycles. The minimum Gasteiger partial charge on any atom is -0.192 e. The number of benzene rings is 2. The van der Waals surface area contributed by atoms with Gasteiger partial charge in [0.05, 0.1) is 17.2 Å². The van der Waals surface area contributed by atoms with Gasteiger partial charge in [-0.15, -0.1) is 0 Å². The van der Waals surface area contributed by atoms with Crippen molar-refractivity contribution in [2.45, 2.75) is 64.5 Å². The van der Waals surface area contributed by atoms with Crippen LogP contribution in [0.25, 0.3) is 11.6 Å². The van der Waals surface area contributed by atoms with Crippen molar-refractivity contribution in [3.63, 3.8) is 0 Å². The molecule has 0 fully saturated rings. The van der Waals surface area contributed by atoms with Crippen LogP contribution in [0.4, 0.5) is 13.2 Å². The molecule has 2 aromatic carbocycles. The van der Waals surface area contributed by atoms with Gasteiger partial charge in [0.15, 0.2) is 0 Å². The lowest BCUT2D eigenvalue weighted by molar-refractivity contribution is -0.0683. The number of hydrogen-bond donors (Lipinski definition) is 0. The molecule has 0 saturated heterocycles. The number of hydrogen-bond acceptors (Lipinski definition) is 1. The first-order valence-corrected chi connectivity index (χ1v) is 9.80. The third-order valence-corrected chi connectivity index (χ3v) is 6.17. The van der Waals surface area contributed by atoms with E-state index in [9.17, 15) is 13.2 Å². The van der Waals surface area contributed by atoms with Crippen LogP contribution in [0.2, 0.25) is 0 Å². The Morgan fingerprint density at radius 1 is 0.966 bits per heavy atom. The van der Waals surface area contributed by atoms with E-state index >= 15 is 0 Å². The summed E-state index contributed by atoms with van der Waals surface area (Å²) in [6.07, 6.45) is -1.19. The summed E-state index contributed by atoms with van der Waals surface area (Å²) in [5.41, 5.74) is 3.43. The van der Waals surface area contributed by atoms with Crippen LogP contribution < -0.4 is 0 Å². The van der Waals surface area contributed by atoms with Gasteiger partial charge in [0, 0.05) is 0 Å². The van der Waals surface area contributed by atoms with Gasteiger partial charge in [0.25, 0.3) is 0 Å². The van der Waals surface area contributed by atoms with Crippen LogP contribution in [-0.4, -0.2) is 6.18 Å². The highest BCUT2D eigenvalue weighted by atomic mass is 19.4. The van der Waals surface area contributed by atoms with E-state index < -0.39 is 11.7 Å². The molecular weight excluding hydrogens is 371 g/mol. The zero-order valence-corrected chi connectivity index (χ0v) is 17.5. The Morgan fingerprint density at radius 2 is 1.48 bits per heavy atom. The summed E-state index contributed by atoms with van der Waals surface area (Å²) in [5.74, 6) is 0. The molecule has 1 aliphatic carbocycles. The summed E-state index contributed by atoms with van der Waals surface area (Å²) in [7, 11) is 0. The number of aryl methyl sites for hydroxylation is 1. The van der Waals surface area contributed by atoms with Crippen LogP contribution in [0.5, 0.6) is 0 Å². The van der Waals surface area contributed by atoms with Crippen LogP contribution in [0.3, 0.4) is 0 Å². The average molecular weight is 397 g/mol. The van der Waals surface area contributed by atoms with Crippen molar-refractivity contribution < 1.29 is 13.2 Å². The van der Waals surface area contributed by atoms with Crippen molar-refractivity contribution >= 4 is 11.6 Å². The number of nitrogens with zero attached hydrogens (tertiary/aromatic N) is 1. The third-order valence-electron chi connectivity index (χ3n) is 6.17. The molecule has 0 saturated carbocycles. The number of alkyl halides is 3. The molecule has 1 nitrogen and oxygen atoms in total. The van der Waals surface area contributed by atoms with E-state index in [4.69, 9.17) is 5.26 Å². The Kier molecular flexibility index (Phi) is 5.15. The summed E-state index contributed by atoms with van der Waals surface area (Å²) >= 11 is 0. The van der Waals surface area contributed by atoms with Gasteiger partial charge < -0.3 is 0 Å². The largest absolute Gasteiger partial charge is 0.417 e. The summed E-state index contributed by atoms with van der Waals surface area (Å²) in [5, 5.41) is 8.92. The molecule has 0 amide bonds. The molecule has 3 rings (SSSR count). The lowest BCUT2D eigenvalue weighted by atomic mass is 9.62. The van der Waals surface area contributed by atoms with Gasteiger partial charge in [-0.1, -0.05) is 52.0 Å². The van der Waals surface area contributed by atoms with E-state index in [2.05, 4.69) is 33.8 Å². The smallest absolute Gasteiger partial charge is 0.192 e. The molecule has 29 heavy (non-hydrogen) atoms. The first-order valence-electron chi connectivity index (χ1n) is 9.80. The van der Waals surface area contributed by atoms with Gasteiger partial charge in [-0.25, -0.2) is 0 Å². The first-order chi connectivity index (χ1) is 13.3. The maximum absolute atomic E-state index is 13.9.